The summed E-state index contributed by atoms with van der Waals surface area (Å²) >= 11 is 0. The summed E-state index contributed by atoms with van der Waals surface area (Å²) in [6.45, 7) is 2.13. The van der Waals surface area contributed by atoms with E-state index in [1.54, 1.807) is 12.1 Å². The van der Waals surface area contributed by atoms with Gasteiger partial charge in [0.25, 0.3) is 0 Å². The van der Waals surface area contributed by atoms with E-state index in [4.69, 9.17) is 5.11 Å². The molecular weight excluding hydrogens is 223 g/mol. The molecule has 1 aliphatic heterocycles. The predicted octanol–water partition coefficient (Wildman–Crippen LogP) is 0.511. The Hall–Kier alpha value is -1.46. The lowest BCUT2D eigenvalue weighted by atomic mass is 10.1. The van der Waals surface area contributed by atoms with Gasteiger partial charge in [-0.1, -0.05) is 6.07 Å². The van der Waals surface area contributed by atoms with Crippen LogP contribution in [0.2, 0.25) is 0 Å². The summed E-state index contributed by atoms with van der Waals surface area (Å²) in [4.78, 5) is 13.5. The summed E-state index contributed by atoms with van der Waals surface area (Å²) < 4.78 is 13.1. The van der Waals surface area contributed by atoms with Crippen LogP contribution in [0.1, 0.15) is 6.92 Å². The number of amides is 1. The number of piperazine rings is 1. The summed E-state index contributed by atoms with van der Waals surface area (Å²) in [5.41, 5.74) is 0.529. The van der Waals surface area contributed by atoms with E-state index in [1.165, 1.54) is 17.0 Å². The average molecular weight is 238 g/mol. The van der Waals surface area contributed by atoms with E-state index in [0.717, 1.165) is 0 Å². The van der Waals surface area contributed by atoms with Gasteiger partial charge < -0.3 is 10.0 Å². The summed E-state index contributed by atoms with van der Waals surface area (Å²) in [6, 6.07) is 5.37. The first-order valence-corrected chi connectivity index (χ1v) is 5.55. The maximum Gasteiger partial charge on any atom is 0.246 e. The largest absolute Gasteiger partial charge is 0.394 e. The zero-order valence-electron chi connectivity index (χ0n) is 9.56. The fourth-order valence-electron chi connectivity index (χ4n) is 2.03. The van der Waals surface area contributed by atoms with Crippen LogP contribution in [0.5, 0.6) is 0 Å². The molecule has 0 spiro atoms. The van der Waals surface area contributed by atoms with E-state index in [-0.39, 0.29) is 24.4 Å². The van der Waals surface area contributed by atoms with Crippen LogP contribution < -0.4 is 10.2 Å². The van der Waals surface area contributed by atoms with Crippen LogP contribution in [0.3, 0.4) is 0 Å². The van der Waals surface area contributed by atoms with Crippen LogP contribution in [-0.2, 0) is 4.79 Å². The third kappa shape index (κ3) is 2.45. The molecule has 1 saturated heterocycles. The molecule has 1 fully saturated rings. The minimum atomic E-state index is -0.609. The van der Waals surface area contributed by atoms with Crippen molar-refractivity contribution < 1.29 is 14.3 Å². The zero-order valence-corrected chi connectivity index (χ0v) is 9.56. The van der Waals surface area contributed by atoms with Crippen molar-refractivity contribution in [3.05, 3.63) is 30.1 Å². The lowest BCUT2D eigenvalue weighted by molar-refractivity contribution is -0.123. The van der Waals surface area contributed by atoms with Gasteiger partial charge in [-0.15, -0.1) is 0 Å². The molecule has 4 nitrogen and oxygen atoms in total. The monoisotopic (exact) mass is 238 g/mol. The fraction of sp³-hybridized carbons (Fsp3) is 0.417. The summed E-state index contributed by atoms with van der Waals surface area (Å²) in [6.07, 6.45) is 0. The Labute approximate surface area is 99.0 Å². The molecule has 2 rings (SSSR count). The molecule has 0 aromatic heterocycles. The number of nitrogens with one attached hydrogen (secondary N) is 1. The molecule has 1 amide bonds. The highest BCUT2D eigenvalue weighted by Gasteiger charge is 2.32. The molecule has 1 aromatic carbocycles. The fourth-order valence-corrected chi connectivity index (χ4v) is 2.03. The molecule has 0 bridgehead atoms. The molecule has 1 heterocycles. The van der Waals surface area contributed by atoms with Gasteiger partial charge in [-0.05, 0) is 25.1 Å². The maximum atomic E-state index is 13.1. The number of aliphatic hydroxyl groups is 1. The molecule has 2 unspecified atom stereocenters. The van der Waals surface area contributed by atoms with Crippen molar-refractivity contribution in [3.8, 4) is 0 Å². The smallest absolute Gasteiger partial charge is 0.246 e. The number of carbonyl (C=O) groups is 1. The van der Waals surface area contributed by atoms with Gasteiger partial charge in [-0.3, -0.25) is 10.1 Å². The van der Waals surface area contributed by atoms with E-state index >= 15 is 0 Å². The van der Waals surface area contributed by atoms with Crippen molar-refractivity contribution in [2.75, 3.05) is 18.1 Å². The van der Waals surface area contributed by atoms with Gasteiger partial charge in [0.05, 0.1) is 6.61 Å². The van der Waals surface area contributed by atoms with Crippen LogP contribution in [0.4, 0.5) is 10.1 Å². The first kappa shape index (κ1) is 12.0. The first-order valence-electron chi connectivity index (χ1n) is 5.55. The summed E-state index contributed by atoms with van der Waals surface area (Å²) in [5.74, 6) is -0.599. The molecule has 1 aliphatic rings. The minimum absolute atomic E-state index is 0.0631. The average Bonchev–Trinajstić information content (AvgIpc) is 2.31. The number of benzene rings is 1. The maximum absolute atomic E-state index is 13.1. The van der Waals surface area contributed by atoms with Crippen molar-refractivity contribution in [3.63, 3.8) is 0 Å². The van der Waals surface area contributed by atoms with Gasteiger partial charge in [-0.25, -0.2) is 4.39 Å². The van der Waals surface area contributed by atoms with E-state index in [2.05, 4.69) is 5.32 Å². The second kappa shape index (κ2) is 4.81. The third-order valence-corrected chi connectivity index (χ3v) is 2.81. The molecule has 17 heavy (non-hydrogen) atoms. The molecule has 2 N–H and O–H groups in total. The van der Waals surface area contributed by atoms with E-state index in [0.29, 0.717) is 12.2 Å². The number of anilines is 1. The summed E-state index contributed by atoms with van der Waals surface area (Å²) in [7, 11) is 0. The number of halogens is 1. The van der Waals surface area contributed by atoms with Gasteiger partial charge >= 0.3 is 0 Å². The predicted molar refractivity (Wildman–Crippen MR) is 62.2 cm³/mol. The SMILES string of the molecule is CC1CN(c2cccc(F)c2)C(=O)C(CO)N1. The number of carbonyl (C=O) groups excluding carboxylic acids is 1. The topological polar surface area (TPSA) is 52.6 Å². The van der Waals surface area contributed by atoms with Crippen LogP contribution in [0, 0.1) is 5.82 Å². The molecule has 1 aromatic rings. The van der Waals surface area contributed by atoms with Gasteiger partial charge in [0.1, 0.15) is 11.9 Å². The van der Waals surface area contributed by atoms with Gasteiger partial charge in [0.2, 0.25) is 5.91 Å². The minimum Gasteiger partial charge on any atom is -0.394 e. The molecule has 0 saturated carbocycles. The number of nitrogens with zero attached hydrogens (tertiary/aromatic N) is 1. The normalized spacial score (nSPS) is 25.1. The lowest BCUT2D eigenvalue weighted by Gasteiger charge is -2.36. The van der Waals surface area contributed by atoms with E-state index < -0.39 is 6.04 Å². The third-order valence-electron chi connectivity index (χ3n) is 2.81. The van der Waals surface area contributed by atoms with E-state index in [9.17, 15) is 9.18 Å². The van der Waals surface area contributed by atoms with Crippen LogP contribution in [0.15, 0.2) is 24.3 Å². The van der Waals surface area contributed by atoms with Crippen LogP contribution >= 0.6 is 0 Å². The van der Waals surface area contributed by atoms with Gasteiger partial charge in [-0.2, -0.15) is 0 Å². The van der Waals surface area contributed by atoms with Crippen molar-refractivity contribution in [2.45, 2.75) is 19.0 Å². The van der Waals surface area contributed by atoms with Gasteiger partial charge in [0, 0.05) is 18.3 Å². The number of aliphatic hydroxyl groups excluding tert-OH is 1. The van der Waals surface area contributed by atoms with Crippen molar-refractivity contribution in [1.82, 2.24) is 5.32 Å². The first-order chi connectivity index (χ1) is 8.11. The Morgan fingerprint density at radius 1 is 1.59 bits per heavy atom. The number of rotatable bonds is 2. The molecular formula is C12H15FN2O2. The Morgan fingerprint density at radius 3 is 3.00 bits per heavy atom. The van der Waals surface area contributed by atoms with Gasteiger partial charge in [0.15, 0.2) is 0 Å². The molecule has 2 atom stereocenters. The Balaban J connectivity index is 2.27. The number of hydrogen-bond donors (Lipinski definition) is 2. The van der Waals surface area contributed by atoms with Crippen molar-refractivity contribution >= 4 is 11.6 Å². The highest BCUT2D eigenvalue weighted by molar-refractivity contribution is 5.98. The number of hydrogen-bond acceptors (Lipinski definition) is 3. The molecule has 0 aliphatic carbocycles. The van der Waals surface area contributed by atoms with E-state index in [1.807, 2.05) is 6.92 Å². The summed E-state index contributed by atoms with van der Waals surface area (Å²) in [5, 5.41) is 12.1. The molecule has 92 valence electrons. The Kier molecular flexibility index (Phi) is 3.40. The Bertz CT molecular complexity index is 425. The quantitative estimate of drug-likeness (QED) is 0.789. The van der Waals surface area contributed by atoms with Crippen molar-refractivity contribution in [2.24, 2.45) is 0 Å². The van der Waals surface area contributed by atoms with Crippen LogP contribution in [0.25, 0.3) is 0 Å². The highest BCUT2D eigenvalue weighted by Crippen LogP contribution is 2.19. The second-order valence-corrected chi connectivity index (χ2v) is 4.23. The zero-order chi connectivity index (χ0) is 12.4. The van der Waals surface area contributed by atoms with Crippen LogP contribution in [-0.4, -0.2) is 36.2 Å². The standard InChI is InChI=1S/C12H15FN2O2/c1-8-6-15(12(17)11(7-16)14-8)10-4-2-3-9(13)5-10/h2-5,8,11,14,16H,6-7H2,1H3. The van der Waals surface area contributed by atoms with Crippen molar-refractivity contribution in [1.29, 1.82) is 0 Å². The Morgan fingerprint density at radius 2 is 2.35 bits per heavy atom. The molecule has 5 heteroatoms. The second-order valence-electron chi connectivity index (χ2n) is 4.23. The lowest BCUT2D eigenvalue weighted by Crippen LogP contribution is -2.60. The molecule has 0 radical (unpaired) electrons. The highest BCUT2D eigenvalue weighted by atomic mass is 19.1.